The van der Waals surface area contributed by atoms with Gasteiger partial charge in [-0.05, 0) is 61.7 Å². The molecule has 1 amide bonds. The van der Waals surface area contributed by atoms with Gasteiger partial charge in [-0.15, -0.1) is 0 Å². The molecule has 0 spiro atoms. The zero-order valence-corrected chi connectivity index (χ0v) is 11.4. The number of carbonyl (C=O) groups excluding carboxylic acids is 1. The van der Waals surface area contributed by atoms with E-state index in [1.807, 2.05) is 32.9 Å². The number of hydrogen-bond donors (Lipinski definition) is 2. The van der Waals surface area contributed by atoms with Crippen molar-refractivity contribution in [2.24, 2.45) is 0 Å². The highest BCUT2D eigenvalue weighted by molar-refractivity contribution is 6.06. The van der Waals surface area contributed by atoms with Crippen molar-refractivity contribution in [3.05, 3.63) is 58.7 Å². The molecule has 3 heteroatoms. The van der Waals surface area contributed by atoms with E-state index in [9.17, 15) is 4.79 Å². The topological polar surface area (TPSA) is 55.1 Å². The van der Waals surface area contributed by atoms with Gasteiger partial charge in [0.15, 0.2) is 0 Å². The van der Waals surface area contributed by atoms with Crippen LogP contribution >= 0.6 is 0 Å². The van der Waals surface area contributed by atoms with E-state index in [1.165, 1.54) is 0 Å². The van der Waals surface area contributed by atoms with Crippen LogP contribution in [0.2, 0.25) is 0 Å². The molecule has 0 unspecified atom stereocenters. The minimum atomic E-state index is -0.130. The van der Waals surface area contributed by atoms with Crippen molar-refractivity contribution in [2.75, 3.05) is 11.1 Å². The molecule has 0 fully saturated rings. The maximum absolute atomic E-state index is 12.2. The van der Waals surface area contributed by atoms with E-state index >= 15 is 0 Å². The van der Waals surface area contributed by atoms with Crippen molar-refractivity contribution in [3.8, 4) is 0 Å². The van der Waals surface area contributed by atoms with Crippen molar-refractivity contribution in [2.45, 2.75) is 20.8 Å². The number of carbonyl (C=O) groups is 1. The average molecular weight is 254 g/mol. The highest BCUT2D eigenvalue weighted by Gasteiger charge is 2.10. The van der Waals surface area contributed by atoms with E-state index in [0.29, 0.717) is 11.3 Å². The minimum Gasteiger partial charge on any atom is -0.398 e. The summed E-state index contributed by atoms with van der Waals surface area (Å²) in [5.41, 5.74) is 10.9. The molecular formula is C16H18N2O. The summed E-state index contributed by atoms with van der Waals surface area (Å²) < 4.78 is 0. The number of nitrogens with one attached hydrogen (secondary N) is 1. The summed E-state index contributed by atoms with van der Waals surface area (Å²) in [6.07, 6.45) is 0. The van der Waals surface area contributed by atoms with Crippen molar-refractivity contribution in [1.29, 1.82) is 0 Å². The van der Waals surface area contributed by atoms with E-state index in [0.717, 1.165) is 22.4 Å². The largest absolute Gasteiger partial charge is 0.398 e. The number of nitrogens with two attached hydrogens (primary N) is 1. The summed E-state index contributed by atoms with van der Waals surface area (Å²) in [5.74, 6) is -0.130. The Hall–Kier alpha value is -2.29. The fourth-order valence-corrected chi connectivity index (χ4v) is 2.14. The lowest BCUT2D eigenvalue weighted by Gasteiger charge is -2.10. The number of amides is 1. The number of anilines is 2. The van der Waals surface area contributed by atoms with E-state index < -0.39 is 0 Å². The minimum absolute atomic E-state index is 0.130. The molecule has 19 heavy (non-hydrogen) atoms. The zero-order valence-electron chi connectivity index (χ0n) is 11.4. The molecule has 0 bridgehead atoms. The first-order chi connectivity index (χ1) is 8.97. The molecule has 2 aromatic rings. The van der Waals surface area contributed by atoms with Crippen LogP contribution < -0.4 is 11.1 Å². The van der Waals surface area contributed by atoms with Gasteiger partial charge in [-0.3, -0.25) is 4.79 Å². The van der Waals surface area contributed by atoms with Gasteiger partial charge >= 0.3 is 0 Å². The third-order valence-electron chi connectivity index (χ3n) is 3.10. The monoisotopic (exact) mass is 254 g/mol. The van der Waals surface area contributed by atoms with Gasteiger partial charge in [0.05, 0.1) is 0 Å². The van der Waals surface area contributed by atoms with Crippen LogP contribution in [-0.2, 0) is 0 Å². The molecule has 2 rings (SSSR count). The third-order valence-corrected chi connectivity index (χ3v) is 3.10. The second kappa shape index (κ2) is 5.14. The van der Waals surface area contributed by atoms with E-state index in [-0.39, 0.29) is 5.91 Å². The van der Waals surface area contributed by atoms with Crippen molar-refractivity contribution in [1.82, 2.24) is 0 Å². The fourth-order valence-electron chi connectivity index (χ4n) is 2.14. The van der Waals surface area contributed by atoms with Gasteiger partial charge in [-0.2, -0.15) is 0 Å². The molecule has 0 aliphatic carbocycles. The van der Waals surface area contributed by atoms with E-state index in [4.69, 9.17) is 5.73 Å². The number of aryl methyl sites for hydroxylation is 2. The van der Waals surface area contributed by atoms with Gasteiger partial charge in [-0.25, -0.2) is 0 Å². The van der Waals surface area contributed by atoms with Crippen molar-refractivity contribution in [3.63, 3.8) is 0 Å². The Labute approximate surface area is 113 Å². The lowest BCUT2D eigenvalue weighted by molar-refractivity contribution is 0.102. The van der Waals surface area contributed by atoms with Crippen LogP contribution in [0.15, 0.2) is 36.4 Å². The van der Waals surface area contributed by atoms with Crippen LogP contribution in [0.4, 0.5) is 11.4 Å². The van der Waals surface area contributed by atoms with Crippen molar-refractivity contribution >= 4 is 17.3 Å². The fraction of sp³-hybridized carbons (Fsp3) is 0.188. The average Bonchev–Trinajstić information content (AvgIpc) is 2.31. The molecule has 0 aromatic heterocycles. The Morgan fingerprint density at radius 2 is 1.68 bits per heavy atom. The maximum Gasteiger partial charge on any atom is 0.256 e. The van der Waals surface area contributed by atoms with Gasteiger partial charge in [0, 0.05) is 16.9 Å². The van der Waals surface area contributed by atoms with Crippen LogP contribution in [0.1, 0.15) is 27.0 Å². The van der Waals surface area contributed by atoms with Gasteiger partial charge in [0.25, 0.3) is 5.91 Å². The first kappa shape index (κ1) is 13.1. The summed E-state index contributed by atoms with van der Waals surface area (Å²) in [6, 6.07) is 11.3. The Balaban J connectivity index is 2.28. The summed E-state index contributed by atoms with van der Waals surface area (Å²) in [4.78, 5) is 12.2. The second-order valence-corrected chi connectivity index (χ2v) is 4.85. The molecular weight excluding hydrogens is 236 g/mol. The molecule has 0 heterocycles. The molecule has 3 N–H and O–H groups in total. The predicted octanol–water partition coefficient (Wildman–Crippen LogP) is 3.45. The summed E-state index contributed by atoms with van der Waals surface area (Å²) in [6.45, 7) is 5.87. The standard InChI is InChI=1S/C16H18N2O/c1-10-7-11(2)9-13(8-10)18-16(19)14-5-4-6-15(17)12(14)3/h4-9H,17H2,1-3H3,(H,18,19). The highest BCUT2D eigenvalue weighted by atomic mass is 16.1. The first-order valence-electron chi connectivity index (χ1n) is 6.22. The molecule has 0 aliphatic rings. The summed E-state index contributed by atoms with van der Waals surface area (Å²) in [7, 11) is 0. The van der Waals surface area contributed by atoms with E-state index in [2.05, 4.69) is 11.4 Å². The molecule has 0 atom stereocenters. The van der Waals surface area contributed by atoms with Gasteiger partial charge in [0.1, 0.15) is 0 Å². The first-order valence-corrected chi connectivity index (χ1v) is 6.22. The Morgan fingerprint density at radius 1 is 1.05 bits per heavy atom. The smallest absolute Gasteiger partial charge is 0.256 e. The van der Waals surface area contributed by atoms with Crippen molar-refractivity contribution < 1.29 is 4.79 Å². The lowest BCUT2D eigenvalue weighted by atomic mass is 10.1. The quantitative estimate of drug-likeness (QED) is 0.806. The molecule has 0 saturated heterocycles. The highest BCUT2D eigenvalue weighted by Crippen LogP contribution is 2.19. The third kappa shape index (κ3) is 2.94. The molecule has 98 valence electrons. The van der Waals surface area contributed by atoms with Gasteiger partial charge < -0.3 is 11.1 Å². The van der Waals surface area contributed by atoms with E-state index in [1.54, 1.807) is 18.2 Å². The van der Waals surface area contributed by atoms with Crippen LogP contribution in [0.25, 0.3) is 0 Å². The van der Waals surface area contributed by atoms with Crippen LogP contribution in [0, 0.1) is 20.8 Å². The van der Waals surface area contributed by atoms with Crippen LogP contribution in [0.5, 0.6) is 0 Å². The number of nitrogen functional groups attached to an aromatic ring is 1. The zero-order chi connectivity index (χ0) is 14.0. The molecule has 0 aliphatic heterocycles. The maximum atomic E-state index is 12.2. The van der Waals surface area contributed by atoms with Gasteiger partial charge in [0.2, 0.25) is 0 Å². The molecule has 2 aromatic carbocycles. The van der Waals surface area contributed by atoms with Crippen LogP contribution in [-0.4, -0.2) is 5.91 Å². The predicted molar refractivity (Wildman–Crippen MR) is 79.5 cm³/mol. The Bertz CT molecular complexity index is 612. The summed E-state index contributed by atoms with van der Waals surface area (Å²) in [5, 5.41) is 2.91. The number of rotatable bonds is 2. The SMILES string of the molecule is Cc1cc(C)cc(NC(=O)c2cccc(N)c2C)c1. The normalized spacial score (nSPS) is 10.3. The molecule has 3 nitrogen and oxygen atoms in total. The molecule has 0 saturated carbocycles. The Kier molecular flexibility index (Phi) is 3.56. The lowest BCUT2D eigenvalue weighted by Crippen LogP contribution is -2.14. The second-order valence-electron chi connectivity index (χ2n) is 4.85. The summed E-state index contributed by atoms with van der Waals surface area (Å²) >= 11 is 0. The number of benzene rings is 2. The molecule has 0 radical (unpaired) electrons. The Morgan fingerprint density at radius 3 is 2.32 bits per heavy atom. The van der Waals surface area contributed by atoms with Crippen LogP contribution in [0.3, 0.4) is 0 Å². The van der Waals surface area contributed by atoms with Gasteiger partial charge in [-0.1, -0.05) is 12.1 Å². The number of hydrogen-bond acceptors (Lipinski definition) is 2.